The minimum Gasteiger partial charge on any atom is -0.315 e. The van der Waals surface area contributed by atoms with Crippen LogP contribution in [0, 0.1) is 0 Å². The van der Waals surface area contributed by atoms with Crippen LogP contribution in [0.15, 0.2) is 363 Å². The molecule has 0 aromatic heterocycles. The Kier molecular flexibility index (Phi) is 14.5. The van der Waals surface area contributed by atoms with Gasteiger partial charge in [0, 0.05) is 68.3 Å². The zero-order valence-electron chi connectivity index (χ0n) is 52.1. The first-order valence-electron chi connectivity index (χ1n) is 32.8. The van der Waals surface area contributed by atoms with E-state index in [1.807, 2.05) is 0 Å². The Hall–Kier alpha value is -12.0. The number of para-hydroxylation sites is 5. The molecule has 0 spiro atoms. The lowest BCUT2D eigenvalue weighted by atomic mass is 9.83. The van der Waals surface area contributed by atoms with E-state index < -0.39 is 0 Å². The first kappa shape index (κ1) is 56.0. The number of hydrogen-bond donors (Lipinski definition) is 0. The second-order valence-corrected chi connectivity index (χ2v) is 24.7. The van der Waals surface area contributed by atoms with Crippen molar-refractivity contribution < 1.29 is 0 Å². The molecule has 94 heavy (non-hydrogen) atoms. The first-order chi connectivity index (χ1) is 46.6. The molecule has 0 atom stereocenters. The molecule has 0 N–H and O–H groups in total. The second kappa shape index (κ2) is 24.3. The van der Waals surface area contributed by atoms with Crippen LogP contribution in [0.25, 0.3) is 81.3 Å². The maximum atomic E-state index is 2.49. The van der Waals surface area contributed by atoms with Crippen molar-refractivity contribution in [2.75, 3.05) is 19.6 Å². The van der Waals surface area contributed by atoms with Gasteiger partial charge in [-0.3, -0.25) is 0 Å². The third-order valence-corrected chi connectivity index (χ3v) is 18.9. The monoisotopic (exact) mass is 1200 g/mol. The third-order valence-electron chi connectivity index (χ3n) is 18.9. The minimum atomic E-state index is 0.841. The van der Waals surface area contributed by atoms with Gasteiger partial charge in [0.05, 0.1) is 0 Å². The molecule has 17 rings (SSSR count). The van der Waals surface area contributed by atoms with Gasteiger partial charge in [0.15, 0.2) is 0 Å². The Morgan fingerprint density at radius 1 is 0.234 bits per heavy atom. The molecule has 0 saturated heterocycles. The number of rotatable bonds is 14. The van der Waals surface area contributed by atoms with E-state index in [2.05, 4.69) is 371 Å². The number of hydrogen-bond acceptors (Lipinski definition) is 4. The molecule has 446 valence electrons. The second-order valence-electron chi connectivity index (χ2n) is 24.7. The summed E-state index contributed by atoms with van der Waals surface area (Å²) in [5.41, 5.74) is 18.3. The molecule has 0 amide bonds. The van der Waals surface area contributed by atoms with Gasteiger partial charge in [-0.25, -0.2) is 0 Å². The van der Waals surface area contributed by atoms with Crippen LogP contribution in [-0.4, -0.2) is 0 Å². The van der Waals surface area contributed by atoms with Crippen molar-refractivity contribution in [1.82, 2.24) is 0 Å². The van der Waals surface area contributed by atoms with Crippen molar-refractivity contribution in [1.29, 1.82) is 0 Å². The van der Waals surface area contributed by atoms with Crippen molar-refractivity contribution in [2.45, 2.75) is 25.7 Å². The SMILES string of the molecule is C1=CC(N(C2=CC=C(c3c4cc(N(c5ccccc5)c5ccc6cc7ccccc7cc6c5)ccc4c(-c4ccc(N(c5ccccc5)c5ccccc5)cc4)c4cc(N(c5ccccc5)c5ccc6cc7ccccc7cc6c5)ccc34)CC2)c2ccccc2)=CCC1. The lowest BCUT2D eigenvalue weighted by molar-refractivity contribution is 0.897. The molecular formula is C90H66N4. The van der Waals surface area contributed by atoms with Crippen molar-refractivity contribution in [3.8, 4) is 11.1 Å². The Morgan fingerprint density at radius 2 is 0.596 bits per heavy atom. The third kappa shape index (κ3) is 10.5. The van der Waals surface area contributed by atoms with Crippen LogP contribution >= 0.6 is 0 Å². The summed E-state index contributed by atoms with van der Waals surface area (Å²) in [6, 6.07) is 118. The van der Waals surface area contributed by atoms with Crippen LogP contribution in [0.3, 0.4) is 0 Å². The summed E-state index contributed by atoms with van der Waals surface area (Å²) < 4.78 is 0. The summed E-state index contributed by atoms with van der Waals surface area (Å²) in [5, 5.41) is 14.5. The molecular weight excluding hydrogens is 1140 g/mol. The van der Waals surface area contributed by atoms with Gasteiger partial charge in [0.1, 0.15) is 0 Å². The van der Waals surface area contributed by atoms with E-state index in [-0.39, 0.29) is 0 Å². The van der Waals surface area contributed by atoms with Gasteiger partial charge in [-0.1, -0.05) is 194 Å². The van der Waals surface area contributed by atoms with E-state index in [4.69, 9.17) is 0 Å². The molecule has 15 aromatic carbocycles. The Labute approximate surface area is 549 Å². The predicted molar refractivity (Wildman–Crippen MR) is 402 cm³/mol. The smallest absolute Gasteiger partial charge is 0.0468 e. The molecule has 0 aliphatic heterocycles. The van der Waals surface area contributed by atoms with Gasteiger partial charge in [-0.2, -0.15) is 0 Å². The first-order valence-corrected chi connectivity index (χ1v) is 32.8. The summed E-state index contributed by atoms with van der Waals surface area (Å²) in [4.78, 5) is 9.71. The molecule has 0 fully saturated rings. The summed E-state index contributed by atoms with van der Waals surface area (Å²) >= 11 is 0. The number of fused-ring (bicyclic) bond motifs is 6. The van der Waals surface area contributed by atoms with Crippen molar-refractivity contribution >= 4 is 127 Å². The average molecular weight is 1200 g/mol. The predicted octanol–water partition coefficient (Wildman–Crippen LogP) is 25.5. The highest BCUT2D eigenvalue weighted by Crippen LogP contribution is 2.50. The van der Waals surface area contributed by atoms with Crippen LogP contribution in [-0.2, 0) is 0 Å². The van der Waals surface area contributed by atoms with E-state index in [1.165, 1.54) is 98.4 Å². The maximum Gasteiger partial charge on any atom is 0.0468 e. The molecule has 2 aliphatic carbocycles. The summed E-state index contributed by atoms with van der Waals surface area (Å²) in [6.45, 7) is 0. The highest BCUT2D eigenvalue weighted by molar-refractivity contribution is 6.20. The number of anilines is 10. The van der Waals surface area contributed by atoms with Gasteiger partial charge in [-0.05, 0) is 270 Å². The molecule has 4 heteroatoms. The van der Waals surface area contributed by atoms with Gasteiger partial charge in [0.25, 0.3) is 0 Å². The molecule has 0 unspecified atom stereocenters. The lowest BCUT2D eigenvalue weighted by Gasteiger charge is -2.32. The fourth-order valence-electron chi connectivity index (χ4n) is 14.5. The summed E-state index contributed by atoms with van der Waals surface area (Å²) in [7, 11) is 0. The fourth-order valence-corrected chi connectivity index (χ4v) is 14.5. The quantitative estimate of drug-likeness (QED) is 0.101. The highest BCUT2D eigenvalue weighted by atomic mass is 15.2. The molecule has 4 nitrogen and oxygen atoms in total. The molecule has 0 radical (unpaired) electrons. The average Bonchev–Trinajstić information content (AvgIpc) is 0.725. The zero-order valence-corrected chi connectivity index (χ0v) is 52.1. The molecule has 0 bridgehead atoms. The van der Waals surface area contributed by atoms with E-state index in [9.17, 15) is 0 Å². The van der Waals surface area contributed by atoms with E-state index in [0.29, 0.717) is 0 Å². The van der Waals surface area contributed by atoms with E-state index in [1.54, 1.807) is 0 Å². The molecule has 15 aromatic rings. The normalized spacial score (nSPS) is 13.1. The van der Waals surface area contributed by atoms with Gasteiger partial charge in [-0.15, -0.1) is 0 Å². The van der Waals surface area contributed by atoms with Gasteiger partial charge in [0.2, 0.25) is 0 Å². The Balaban J connectivity index is 0.926. The topological polar surface area (TPSA) is 13.0 Å². The van der Waals surface area contributed by atoms with Crippen LogP contribution in [0.4, 0.5) is 56.9 Å². The van der Waals surface area contributed by atoms with E-state index in [0.717, 1.165) is 82.4 Å². The standard InChI is InChI=1S/C90H66N4/c1-7-27-73(28-8-1)91(74-29-9-2-10-30-74)79-45-39-63(40-46-79)89-85-53-51-84(94(78-37-17-6-18-38-78)82-50-44-70-56-66-24-20-22-26-68(66)58-72(70)60-82)62-88(85)90(64-41-47-80(48-42-64)92(75-31-11-3-12-32-75)76-33-13-4-14-34-76)86-54-52-83(61-87(86)89)93(77-35-15-5-16-36-77)81-49-43-69-55-65-23-19-21-25-67(65)57-71(69)59-81/h1-3,5-13,15-41,43-47,49-62H,4,14,42,48H2. The van der Waals surface area contributed by atoms with Crippen molar-refractivity contribution in [3.63, 3.8) is 0 Å². The Morgan fingerprint density at radius 3 is 1.03 bits per heavy atom. The largest absolute Gasteiger partial charge is 0.315 e. The number of nitrogens with zero attached hydrogens (tertiary/aromatic N) is 4. The zero-order chi connectivity index (χ0) is 62.3. The highest BCUT2D eigenvalue weighted by Gasteiger charge is 2.26. The molecule has 0 heterocycles. The summed E-state index contributed by atoms with van der Waals surface area (Å²) in [5.74, 6) is 0. The van der Waals surface area contributed by atoms with Crippen LogP contribution in [0.5, 0.6) is 0 Å². The van der Waals surface area contributed by atoms with Crippen LogP contribution in [0.1, 0.15) is 31.2 Å². The van der Waals surface area contributed by atoms with Crippen molar-refractivity contribution in [2.24, 2.45) is 0 Å². The van der Waals surface area contributed by atoms with Crippen LogP contribution < -0.4 is 19.6 Å². The van der Waals surface area contributed by atoms with E-state index >= 15 is 0 Å². The lowest BCUT2D eigenvalue weighted by Crippen LogP contribution is -2.22. The van der Waals surface area contributed by atoms with Gasteiger partial charge >= 0.3 is 0 Å². The molecule has 0 saturated carbocycles. The fraction of sp³-hybridized carbons (Fsp3) is 0.0444. The summed E-state index contributed by atoms with van der Waals surface area (Å²) in [6.07, 6.45) is 15.6. The van der Waals surface area contributed by atoms with Crippen molar-refractivity contribution in [3.05, 3.63) is 369 Å². The van der Waals surface area contributed by atoms with Gasteiger partial charge < -0.3 is 19.6 Å². The Bertz CT molecular complexity index is 5440. The minimum absolute atomic E-state index is 0.841. The maximum absolute atomic E-state index is 2.49. The number of allylic oxidation sites excluding steroid dienone is 7. The van der Waals surface area contributed by atoms with Crippen LogP contribution in [0.2, 0.25) is 0 Å². The number of benzene rings is 15. The molecule has 2 aliphatic rings.